The predicted octanol–water partition coefficient (Wildman–Crippen LogP) is 7.82. The van der Waals surface area contributed by atoms with Crippen molar-refractivity contribution in [1.82, 2.24) is 0 Å². The number of carbonyl (C=O) groups is 6. The summed E-state index contributed by atoms with van der Waals surface area (Å²) < 4.78 is 55.0. The third-order valence-electron chi connectivity index (χ3n) is 18.2. The van der Waals surface area contributed by atoms with Gasteiger partial charge >= 0.3 is 29.8 Å². The van der Waals surface area contributed by atoms with Crippen LogP contribution in [0, 0.1) is 44.8 Å². The smallest absolute Gasteiger partial charge is 0.303 e. The number of ether oxygens (including phenoxy) is 9. The Kier molecular flexibility index (Phi) is 16.5. The molecule has 18 nitrogen and oxygen atoms in total. The van der Waals surface area contributed by atoms with Crippen LogP contribution in [0.15, 0.2) is 26.6 Å². The highest BCUT2D eigenvalue weighted by molar-refractivity contribution is 7.78. The van der Waals surface area contributed by atoms with Crippen LogP contribution in [0.4, 0.5) is 0 Å². The standard InChI is InChI=1S/C52H69N3O15S3/c1-26(56)62-36-38(64-28(3)58)44(54-24-72)70-46(40(36)66-30(5)60)68-41-37(63-27(2)57)39(65-29(4)59)43(53-23-71)69-45(41)67-35-14-15-50(10)34(47(35,6)7)13-16-52(12)42(50)33(61)21-31-32-22-49(9,55-25-73)19-17-48(32,8)18-20-51(31,52)11/h21,32,34-46H,13-20,22H2,1-12H3/t32-,34-,35-,36-,37-,38-,39-,40+,41+,42+,43?,44?,45+,46+,48+,49-,50-,51+,52+/m0/s1. The normalized spacial score (nSPS) is 43.3. The molecule has 0 N–H and O–H groups in total. The highest BCUT2D eigenvalue weighted by atomic mass is 32.1. The Bertz CT molecular complexity index is 2440. The van der Waals surface area contributed by atoms with E-state index >= 15 is 4.79 Å². The van der Waals surface area contributed by atoms with E-state index in [9.17, 15) is 24.0 Å². The van der Waals surface area contributed by atoms with E-state index in [0.29, 0.717) is 12.8 Å². The Morgan fingerprint density at radius 1 is 0.603 bits per heavy atom. The summed E-state index contributed by atoms with van der Waals surface area (Å²) in [4.78, 5) is 91.8. The van der Waals surface area contributed by atoms with Crippen molar-refractivity contribution in [1.29, 1.82) is 0 Å². The van der Waals surface area contributed by atoms with Crippen molar-refractivity contribution < 1.29 is 71.4 Å². The summed E-state index contributed by atoms with van der Waals surface area (Å²) in [5.41, 5.74) is -0.751. The number of allylic oxidation sites excluding steroid dienone is 2. The maximum absolute atomic E-state index is 15.2. The third-order valence-corrected chi connectivity index (χ3v) is 18.5. The van der Waals surface area contributed by atoms with Gasteiger partial charge in [-0.15, -0.1) is 0 Å². The maximum atomic E-state index is 15.2. The van der Waals surface area contributed by atoms with Crippen LogP contribution in [0.2, 0.25) is 0 Å². The molecular formula is C52H69N3O15S3. The molecule has 6 fully saturated rings. The summed E-state index contributed by atoms with van der Waals surface area (Å²) in [6, 6.07) is 0. The zero-order valence-corrected chi connectivity index (χ0v) is 46.2. The minimum atomic E-state index is -1.79. The molecule has 19 atom stereocenters. The van der Waals surface area contributed by atoms with Crippen molar-refractivity contribution in [2.45, 2.75) is 214 Å². The molecule has 0 aromatic carbocycles. The number of isothiocyanates is 3. The van der Waals surface area contributed by atoms with E-state index in [-0.39, 0.29) is 45.3 Å². The molecule has 0 spiro atoms. The molecule has 0 radical (unpaired) electrons. The molecule has 4 saturated carbocycles. The number of hydrogen-bond donors (Lipinski definition) is 0. The minimum Gasteiger partial charge on any atom is -0.455 e. The molecular weight excluding hydrogens is 1000 g/mol. The van der Waals surface area contributed by atoms with Crippen LogP contribution in [0.1, 0.15) is 141 Å². The minimum absolute atomic E-state index is 0.0489. The molecule has 7 rings (SSSR count). The lowest BCUT2D eigenvalue weighted by Gasteiger charge is -2.70. The summed E-state index contributed by atoms with van der Waals surface area (Å²) in [7, 11) is 0. The van der Waals surface area contributed by atoms with E-state index < -0.39 is 108 Å². The summed E-state index contributed by atoms with van der Waals surface area (Å²) >= 11 is 15.0. The van der Waals surface area contributed by atoms with E-state index in [1.807, 2.05) is 6.08 Å². The first-order valence-electron chi connectivity index (χ1n) is 25.1. The van der Waals surface area contributed by atoms with E-state index in [4.69, 9.17) is 79.3 Å². The van der Waals surface area contributed by atoms with Gasteiger partial charge in [0.25, 0.3) is 0 Å². The van der Waals surface area contributed by atoms with Crippen molar-refractivity contribution in [3.63, 3.8) is 0 Å². The molecule has 2 saturated heterocycles. The zero-order chi connectivity index (χ0) is 53.8. The Balaban J connectivity index is 1.27. The quantitative estimate of drug-likeness (QED) is 0.0597. The lowest BCUT2D eigenvalue weighted by Crippen LogP contribution is -2.68. The Morgan fingerprint density at radius 3 is 1.62 bits per heavy atom. The second kappa shape index (κ2) is 21.2. The van der Waals surface area contributed by atoms with Crippen LogP contribution in [-0.4, -0.2) is 124 Å². The van der Waals surface area contributed by atoms with E-state index in [1.54, 1.807) is 0 Å². The van der Waals surface area contributed by atoms with E-state index in [0.717, 1.165) is 79.6 Å². The second-order valence-corrected chi connectivity index (χ2v) is 23.6. The number of rotatable bonds is 12. The number of aliphatic imine (C=N–C) groups is 3. The van der Waals surface area contributed by atoms with Gasteiger partial charge in [-0.1, -0.05) is 47.1 Å². The number of hydrogen-bond acceptors (Lipinski definition) is 21. The molecule has 400 valence electrons. The maximum Gasteiger partial charge on any atom is 0.303 e. The molecule has 0 aromatic rings. The van der Waals surface area contributed by atoms with E-state index in [1.165, 1.54) is 5.57 Å². The molecule has 73 heavy (non-hydrogen) atoms. The molecule has 2 unspecified atom stereocenters. The fourth-order valence-electron chi connectivity index (χ4n) is 14.8. The summed E-state index contributed by atoms with van der Waals surface area (Å²) in [5, 5.41) is 7.12. The fourth-order valence-corrected chi connectivity index (χ4v) is 15.2. The Hall–Kier alpha value is -4.00. The first-order chi connectivity index (χ1) is 34.1. The number of fused-ring (bicyclic) bond motifs is 7. The molecule has 0 aromatic heterocycles. The molecule has 0 bridgehead atoms. The molecule has 2 aliphatic heterocycles. The Morgan fingerprint density at radius 2 is 1.10 bits per heavy atom. The molecule has 7 aliphatic rings. The van der Waals surface area contributed by atoms with Gasteiger partial charge in [-0.3, -0.25) is 28.8 Å². The van der Waals surface area contributed by atoms with Gasteiger partial charge < -0.3 is 42.6 Å². The molecule has 5 aliphatic carbocycles. The van der Waals surface area contributed by atoms with Gasteiger partial charge in [0.2, 0.25) is 18.7 Å². The lowest BCUT2D eigenvalue weighted by atomic mass is 9.33. The molecule has 21 heteroatoms. The summed E-state index contributed by atoms with van der Waals surface area (Å²) in [5.74, 6) is -4.20. The number of thiocarbonyl (C=S) groups is 3. The van der Waals surface area contributed by atoms with Crippen LogP contribution in [0.5, 0.6) is 0 Å². The van der Waals surface area contributed by atoms with Gasteiger partial charge in [-0.25, -0.2) is 4.99 Å². The van der Waals surface area contributed by atoms with Gasteiger partial charge in [-0.2, -0.15) is 9.98 Å². The van der Waals surface area contributed by atoms with Crippen molar-refractivity contribution in [3.05, 3.63) is 11.6 Å². The Labute approximate surface area is 442 Å². The highest BCUT2D eigenvalue weighted by Crippen LogP contribution is 2.75. The molecule has 0 amide bonds. The highest BCUT2D eigenvalue weighted by Gasteiger charge is 2.71. The number of esters is 5. The van der Waals surface area contributed by atoms with Crippen LogP contribution in [-0.2, 0) is 71.4 Å². The van der Waals surface area contributed by atoms with Gasteiger partial charge in [0.1, 0.15) is 0 Å². The van der Waals surface area contributed by atoms with E-state index in [2.05, 4.69) is 78.9 Å². The monoisotopic (exact) mass is 1070 g/mol. The third kappa shape index (κ3) is 10.5. The number of ketones is 1. The van der Waals surface area contributed by atoms with Crippen LogP contribution in [0.3, 0.4) is 0 Å². The average Bonchev–Trinajstić information content (AvgIpc) is 3.27. The van der Waals surface area contributed by atoms with Crippen LogP contribution >= 0.6 is 36.7 Å². The predicted molar refractivity (Wildman–Crippen MR) is 270 cm³/mol. The van der Waals surface area contributed by atoms with Gasteiger partial charge in [0, 0.05) is 40.5 Å². The van der Waals surface area contributed by atoms with Gasteiger partial charge in [-0.05, 0) is 146 Å². The first-order valence-corrected chi connectivity index (χ1v) is 26.3. The number of nitrogens with zero attached hydrogens (tertiary/aromatic N) is 3. The lowest BCUT2D eigenvalue weighted by molar-refractivity contribution is -0.375. The van der Waals surface area contributed by atoms with Crippen molar-refractivity contribution >= 4 is 87.8 Å². The first kappa shape index (κ1) is 56.7. The second-order valence-electron chi connectivity index (χ2n) is 23.1. The zero-order valence-electron chi connectivity index (χ0n) is 43.7. The van der Waals surface area contributed by atoms with Crippen LogP contribution < -0.4 is 0 Å². The average molecular weight is 1070 g/mol. The SMILES string of the molecule is CC(=O)O[C@@H]1[C@@H](OC(C)=O)[C@H](O[C@H]2[C@H](O[C@H]3CC[C@]4(C)[C@H]5C(=O)C=C6[C@@H]7C[C@@](C)(N=C=S)CC[C@]7(C)CC[C@@]6(C)[C@]5(C)CC[C@H]4C3(C)C)OC(N=C=S)[C@@H](OC(C)=O)[C@@H]2OC(C)=O)OC(N=C=S)[C@H]1OC(C)=O. The molecule has 2 heterocycles. The number of carbonyl (C=O) groups excluding carboxylic acids is 6. The topological polar surface area (TPSA) is 223 Å². The summed E-state index contributed by atoms with van der Waals surface area (Å²) in [6.07, 6.45) is -7.04. The fraction of sp³-hybridized carbons (Fsp3) is 0.788. The van der Waals surface area contributed by atoms with Gasteiger partial charge in [0.05, 0.1) is 27.1 Å². The largest absolute Gasteiger partial charge is 0.455 e. The van der Waals surface area contributed by atoms with Crippen molar-refractivity contribution in [3.8, 4) is 0 Å². The van der Waals surface area contributed by atoms with Crippen LogP contribution in [0.25, 0.3) is 0 Å². The van der Waals surface area contributed by atoms with Crippen molar-refractivity contribution in [2.75, 3.05) is 0 Å². The summed E-state index contributed by atoms with van der Waals surface area (Å²) in [6.45, 7) is 21.3. The van der Waals surface area contributed by atoms with Crippen molar-refractivity contribution in [2.24, 2.45) is 59.8 Å². The van der Waals surface area contributed by atoms with Gasteiger partial charge in [0.15, 0.2) is 48.7 Å².